The summed E-state index contributed by atoms with van der Waals surface area (Å²) in [6.07, 6.45) is 1.70. The molecule has 1 aliphatic heterocycles. The number of furan rings is 1. The van der Waals surface area contributed by atoms with Crippen LogP contribution >= 0.6 is 0 Å². The molecular formula is C17H21N3O3. The van der Waals surface area contributed by atoms with E-state index in [2.05, 4.69) is 19.2 Å². The van der Waals surface area contributed by atoms with Crippen molar-refractivity contribution in [3.63, 3.8) is 0 Å². The molecule has 23 heavy (non-hydrogen) atoms. The Balaban J connectivity index is 1.73. The molecule has 0 spiro atoms. The summed E-state index contributed by atoms with van der Waals surface area (Å²) in [5.74, 6) is 0.819. The van der Waals surface area contributed by atoms with Gasteiger partial charge in [0.1, 0.15) is 5.76 Å². The fourth-order valence-corrected chi connectivity index (χ4v) is 2.99. The molecule has 2 atom stereocenters. The average Bonchev–Trinajstić information content (AvgIpc) is 2.96. The van der Waals surface area contributed by atoms with Gasteiger partial charge in [0.15, 0.2) is 5.76 Å². The van der Waals surface area contributed by atoms with Crippen LogP contribution in [-0.4, -0.2) is 40.5 Å². The number of nitrogens with zero attached hydrogens (tertiary/aromatic N) is 2. The van der Waals surface area contributed by atoms with E-state index in [0.29, 0.717) is 31.2 Å². The summed E-state index contributed by atoms with van der Waals surface area (Å²) < 4.78 is 7.20. The number of aromatic nitrogens is 1. The topological polar surface area (TPSA) is 67.5 Å². The molecule has 3 rings (SSSR count). The Bertz CT molecular complexity index is 739. The Morgan fingerprint density at radius 2 is 1.96 bits per heavy atom. The van der Waals surface area contributed by atoms with Crippen LogP contribution in [0.3, 0.4) is 0 Å². The summed E-state index contributed by atoms with van der Waals surface area (Å²) in [4.78, 5) is 26.1. The molecule has 1 saturated heterocycles. The van der Waals surface area contributed by atoms with Gasteiger partial charge >= 0.3 is 0 Å². The van der Waals surface area contributed by atoms with Crippen LogP contribution in [-0.2, 0) is 6.54 Å². The van der Waals surface area contributed by atoms with Gasteiger partial charge in [0, 0.05) is 37.4 Å². The van der Waals surface area contributed by atoms with Crippen LogP contribution < -0.4 is 10.9 Å². The fourth-order valence-electron chi connectivity index (χ4n) is 2.99. The largest absolute Gasteiger partial charge is 0.454 e. The molecule has 2 aromatic heterocycles. The molecule has 2 aromatic rings. The van der Waals surface area contributed by atoms with E-state index in [4.69, 9.17) is 4.42 Å². The zero-order valence-corrected chi connectivity index (χ0v) is 13.4. The Hall–Kier alpha value is -2.34. The lowest BCUT2D eigenvalue weighted by atomic mass is 10.1. The third-order valence-corrected chi connectivity index (χ3v) is 3.94. The highest BCUT2D eigenvalue weighted by Gasteiger charge is 2.27. The van der Waals surface area contributed by atoms with Crippen molar-refractivity contribution < 1.29 is 9.21 Å². The standard InChI is InChI=1S/C17H21N3O3/c1-12-9-20(10-13(2)18-12)17(22)15-7-6-14(23-15)11-19-8-4-3-5-16(19)21/h3-8,12-13,18H,9-11H2,1-2H3/t12-,13-/m0/s1. The minimum atomic E-state index is -0.100. The maximum Gasteiger partial charge on any atom is 0.289 e. The van der Waals surface area contributed by atoms with Crippen LogP contribution in [0.4, 0.5) is 0 Å². The molecule has 3 heterocycles. The molecule has 1 amide bonds. The fraction of sp³-hybridized carbons (Fsp3) is 0.412. The zero-order chi connectivity index (χ0) is 16.4. The molecule has 0 radical (unpaired) electrons. The number of carbonyl (C=O) groups excluding carboxylic acids is 1. The van der Waals surface area contributed by atoms with Crippen molar-refractivity contribution >= 4 is 5.91 Å². The highest BCUT2D eigenvalue weighted by molar-refractivity contribution is 5.91. The van der Waals surface area contributed by atoms with Gasteiger partial charge in [-0.3, -0.25) is 9.59 Å². The van der Waals surface area contributed by atoms with Crippen LogP contribution in [0, 0.1) is 0 Å². The van der Waals surface area contributed by atoms with E-state index in [0.717, 1.165) is 0 Å². The van der Waals surface area contributed by atoms with Crippen molar-refractivity contribution in [3.8, 4) is 0 Å². The first-order valence-electron chi connectivity index (χ1n) is 7.82. The lowest BCUT2D eigenvalue weighted by Gasteiger charge is -2.35. The third-order valence-electron chi connectivity index (χ3n) is 3.94. The lowest BCUT2D eigenvalue weighted by Crippen LogP contribution is -2.55. The minimum absolute atomic E-state index is 0.0958. The van der Waals surface area contributed by atoms with Crippen LogP contribution in [0.2, 0.25) is 0 Å². The molecule has 0 unspecified atom stereocenters. The van der Waals surface area contributed by atoms with Gasteiger partial charge in [-0.25, -0.2) is 0 Å². The summed E-state index contributed by atoms with van der Waals surface area (Å²) in [5.41, 5.74) is -0.0958. The SMILES string of the molecule is C[C@H]1CN(C(=O)c2ccc(Cn3ccccc3=O)o2)C[C@H](C)N1. The summed E-state index contributed by atoms with van der Waals surface area (Å²) in [6.45, 7) is 5.77. The number of carbonyl (C=O) groups is 1. The number of amides is 1. The van der Waals surface area contributed by atoms with Gasteiger partial charge < -0.3 is 19.2 Å². The Morgan fingerprint density at radius 1 is 1.22 bits per heavy atom. The van der Waals surface area contributed by atoms with E-state index in [1.54, 1.807) is 35.0 Å². The maximum absolute atomic E-state index is 12.6. The van der Waals surface area contributed by atoms with Crippen molar-refractivity contribution in [1.82, 2.24) is 14.8 Å². The van der Waals surface area contributed by atoms with Gasteiger partial charge in [0.05, 0.1) is 6.54 Å². The van der Waals surface area contributed by atoms with E-state index in [1.807, 2.05) is 4.90 Å². The number of pyridine rings is 1. The summed E-state index contributed by atoms with van der Waals surface area (Å²) >= 11 is 0. The molecule has 1 fully saturated rings. The molecule has 1 N–H and O–H groups in total. The Kier molecular flexibility index (Phi) is 4.34. The number of rotatable bonds is 3. The number of hydrogen-bond donors (Lipinski definition) is 1. The number of nitrogens with one attached hydrogen (secondary N) is 1. The minimum Gasteiger partial charge on any atom is -0.454 e. The zero-order valence-electron chi connectivity index (χ0n) is 13.4. The van der Waals surface area contributed by atoms with Gasteiger partial charge in [-0.05, 0) is 32.0 Å². The molecule has 122 valence electrons. The summed E-state index contributed by atoms with van der Waals surface area (Å²) in [6, 6.07) is 8.95. The first kappa shape index (κ1) is 15.6. The summed E-state index contributed by atoms with van der Waals surface area (Å²) in [5, 5.41) is 3.40. The van der Waals surface area contributed by atoms with Gasteiger partial charge in [0.25, 0.3) is 11.5 Å². The van der Waals surface area contributed by atoms with E-state index >= 15 is 0 Å². The van der Waals surface area contributed by atoms with Gasteiger partial charge in [-0.2, -0.15) is 0 Å². The van der Waals surface area contributed by atoms with Crippen molar-refractivity contribution in [2.24, 2.45) is 0 Å². The molecule has 6 heteroatoms. The predicted octanol–water partition coefficient (Wildman–Crippen LogP) is 1.31. The van der Waals surface area contributed by atoms with Gasteiger partial charge in [-0.15, -0.1) is 0 Å². The van der Waals surface area contributed by atoms with Gasteiger partial charge in [0.2, 0.25) is 0 Å². The van der Waals surface area contributed by atoms with E-state index < -0.39 is 0 Å². The van der Waals surface area contributed by atoms with E-state index in [9.17, 15) is 9.59 Å². The van der Waals surface area contributed by atoms with Crippen LogP contribution in [0.5, 0.6) is 0 Å². The van der Waals surface area contributed by atoms with Crippen LogP contribution in [0.25, 0.3) is 0 Å². The average molecular weight is 315 g/mol. The molecule has 0 aromatic carbocycles. The molecule has 6 nitrogen and oxygen atoms in total. The monoisotopic (exact) mass is 315 g/mol. The van der Waals surface area contributed by atoms with Crippen LogP contribution in [0.1, 0.15) is 30.2 Å². The molecular weight excluding hydrogens is 294 g/mol. The number of hydrogen-bond acceptors (Lipinski definition) is 4. The van der Waals surface area contributed by atoms with Crippen LogP contribution in [0.15, 0.2) is 45.7 Å². The van der Waals surface area contributed by atoms with Crippen molar-refractivity contribution in [2.75, 3.05) is 13.1 Å². The first-order chi connectivity index (χ1) is 11.0. The second kappa shape index (κ2) is 6.42. The van der Waals surface area contributed by atoms with E-state index in [1.165, 1.54) is 6.07 Å². The predicted molar refractivity (Wildman–Crippen MR) is 86.5 cm³/mol. The smallest absolute Gasteiger partial charge is 0.289 e. The molecule has 0 saturated carbocycles. The third kappa shape index (κ3) is 3.53. The van der Waals surface area contributed by atoms with Crippen molar-refractivity contribution in [1.29, 1.82) is 0 Å². The summed E-state index contributed by atoms with van der Waals surface area (Å²) in [7, 11) is 0. The highest BCUT2D eigenvalue weighted by Crippen LogP contribution is 2.14. The lowest BCUT2D eigenvalue weighted by molar-refractivity contribution is 0.0640. The molecule has 0 aliphatic carbocycles. The number of piperazine rings is 1. The van der Waals surface area contributed by atoms with Gasteiger partial charge in [-0.1, -0.05) is 6.07 Å². The second-order valence-corrected chi connectivity index (χ2v) is 6.11. The van der Waals surface area contributed by atoms with Crippen molar-refractivity contribution in [2.45, 2.75) is 32.5 Å². The Morgan fingerprint density at radius 3 is 2.65 bits per heavy atom. The Labute approximate surface area is 134 Å². The van der Waals surface area contributed by atoms with Crippen molar-refractivity contribution in [3.05, 3.63) is 58.4 Å². The highest BCUT2D eigenvalue weighted by atomic mass is 16.4. The quantitative estimate of drug-likeness (QED) is 0.927. The molecule has 0 bridgehead atoms. The first-order valence-corrected chi connectivity index (χ1v) is 7.82. The normalized spacial score (nSPS) is 21.4. The maximum atomic E-state index is 12.6. The van der Waals surface area contributed by atoms with E-state index in [-0.39, 0.29) is 23.6 Å². The molecule has 1 aliphatic rings. The second-order valence-electron chi connectivity index (χ2n) is 6.11.